The van der Waals surface area contributed by atoms with E-state index in [9.17, 15) is 9.18 Å². The molecule has 0 spiro atoms. The van der Waals surface area contributed by atoms with Gasteiger partial charge in [0.15, 0.2) is 5.11 Å². The van der Waals surface area contributed by atoms with Crippen LogP contribution in [-0.4, -0.2) is 38.7 Å². The van der Waals surface area contributed by atoms with Gasteiger partial charge in [-0.25, -0.2) is 4.39 Å². The number of rotatable bonds is 6. The van der Waals surface area contributed by atoms with Crippen LogP contribution in [0.4, 0.5) is 4.39 Å². The molecular weight excluding hydrogens is 427 g/mol. The number of ether oxygens (including phenoxy) is 1. The van der Waals surface area contributed by atoms with Gasteiger partial charge in [-0.15, -0.1) is 0 Å². The van der Waals surface area contributed by atoms with Crippen molar-refractivity contribution in [3.8, 4) is 5.69 Å². The fourth-order valence-electron chi connectivity index (χ4n) is 4.36. The average Bonchev–Trinajstić information content (AvgIpc) is 3.24. The summed E-state index contributed by atoms with van der Waals surface area (Å²) < 4.78 is 21.1. The fourth-order valence-corrected chi connectivity index (χ4v) is 4.66. The lowest BCUT2D eigenvalue weighted by molar-refractivity contribution is -0.143. The molecule has 0 radical (unpaired) electrons. The van der Waals surface area contributed by atoms with Crippen LogP contribution in [0.25, 0.3) is 5.69 Å². The van der Waals surface area contributed by atoms with E-state index in [0.717, 1.165) is 28.3 Å². The van der Waals surface area contributed by atoms with E-state index in [1.54, 1.807) is 19.2 Å². The number of nitrogens with zero attached hydrogens (tertiary/aromatic N) is 3. The van der Waals surface area contributed by atoms with Gasteiger partial charge >= 0.3 is 5.97 Å². The molecule has 6 nitrogen and oxygen atoms in total. The Bertz CT molecular complexity index is 1150. The number of pyridine rings is 1. The first kappa shape index (κ1) is 22.0. The van der Waals surface area contributed by atoms with E-state index in [4.69, 9.17) is 17.0 Å². The molecule has 3 heterocycles. The topological polar surface area (TPSA) is 59.4 Å². The first-order chi connectivity index (χ1) is 15.4. The zero-order valence-corrected chi connectivity index (χ0v) is 19.0. The Hall–Kier alpha value is -3.26. The third kappa shape index (κ3) is 4.10. The van der Waals surface area contributed by atoms with Crippen molar-refractivity contribution in [2.75, 3.05) is 13.2 Å². The second kappa shape index (κ2) is 9.08. The first-order valence-electron chi connectivity index (χ1n) is 10.5. The standard InChI is InChI=1S/C24H25FN4O2S/c1-4-31-21(30)14-28-23(22(27-24(28)32)20-10-5-6-11-26-20)19-12-15(2)29(16(19)3)18-9-7-8-17(25)13-18/h5-13,22-23H,4,14H2,1-3H3,(H,27,32)/t22-,23-/m0/s1. The molecule has 32 heavy (non-hydrogen) atoms. The van der Waals surface area contributed by atoms with Crippen LogP contribution >= 0.6 is 12.2 Å². The van der Waals surface area contributed by atoms with Gasteiger partial charge in [0.25, 0.3) is 0 Å². The number of esters is 1. The van der Waals surface area contributed by atoms with Gasteiger partial charge in [0.1, 0.15) is 12.4 Å². The number of carbonyl (C=O) groups excluding carboxylic acids is 1. The summed E-state index contributed by atoms with van der Waals surface area (Å²) in [7, 11) is 0. The summed E-state index contributed by atoms with van der Waals surface area (Å²) in [5.74, 6) is -0.641. The number of nitrogens with one attached hydrogen (secondary N) is 1. The third-order valence-electron chi connectivity index (χ3n) is 5.66. The first-order valence-corrected chi connectivity index (χ1v) is 10.9. The molecule has 0 unspecified atom stereocenters. The number of carbonyl (C=O) groups is 1. The van der Waals surface area contributed by atoms with Crippen LogP contribution in [-0.2, 0) is 9.53 Å². The summed E-state index contributed by atoms with van der Waals surface area (Å²) in [5.41, 5.74) is 4.45. The Kier molecular flexibility index (Phi) is 6.23. The van der Waals surface area contributed by atoms with Crippen molar-refractivity contribution in [1.82, 2.24) is 19.8 Å². The number of hydrogen-bond donors (Lipinski definition) is 1. The predicted octanol–water partition coefficient (Wildman–Crippen LogP) is 4.16. The van der Waals surface area contributed by atoms with Gasteiger partial charge in [-0.1, -0.05) is 12.1 Å². The molecular formula is C24H25FN4O2S. The maximum atomic E-state index is 13.9. The van der Waals surface area contributed by atoms with Crippen LogP contribution in [0.1, 0.15) is 41.7 Å². The van der Waals surface area contributed by atoms with Crippen molar-refractivity contribution < 1.29 is 13.9 Å². The summed E-state index contributed by atoms with van der Waals surface area (Å²) in [5, 5.41) is 3.81. The van der Waals surface area contributed by atoms with Crippen molar-refractivity contribution >= 4 is 23.3 Å². The minimum Gasteiger partial charge on any atom is -0.465 e. The van der Waals surface area contributed by atoms with E-state index in [2.05, 4.69) is 16.4 Å². The monoisotopic (exact) mass is 452 g/mol. The van der Waals surface area contributed by atoms with Gasteiger partial charge in [0.2, 0.25) is 0 Å². The van der Waals surface area contributed by atoms with Crippen molar-refractivity contribution in [3.63, 3.8) is 0 Å². The molecule has 0 amide bonds. The molecule has 0 aliphatic carbocycles. The van der Waals surface area contributed by atoms with Gasteiger partial charge in [-0.3, -0.25) is 9.78 Å². The fraction of sp³-hybridized carbons (Fsp3) is 0.292. The molecule has 1 aliphatic rings. The lowest BCUT2D eigenvalue weighted by Crippen LogP contribution is -2.35. The summed E-state index contributed by atoms with van der Waals surface area (Å²) in [6.07, 6.45) is 1.74. The van der Waals surface area contributed by atoms with Gasteiger partial charge in [-0.05, 0) is 75.0 Å². The molecule has 1 N–H and O–H groups in total. The summed E-state index contributed by atoms with van der Waals surface area (Å²) in [6, 6.07) is 13.8. The van der Waals surface area contributed by atoms with Gasteiger partial charge in [0.05, 0.1) is 24.4 Å². The van der Waals surface area contributed by atoms with E-state index in [-0.39, 0.29) is 30.4 Å². The normalized spacial score (nSPS) is 18.0. The van der Waals surface area contributed by atoms with E-state index in [1.807, 2.05) is 47.6 Å². The van der Waals surface area contributed by atoms with Crippen molar-refractivity contribution in [3.05, 3.63) is 83.2 Å². The van der Waals surface area contributed by atoms with Gasteiger partial charge in [-0.2, -0.15) is 0 Å². The van der Waals surface area contributed by atoms with Crippen LogP contribution in [0.5, 0.6) is 0 Å². The van der Waals surface area contributed by atoms with Crippen molar-refractivity contribution in [1.29, 1.82) is 0 Å². The minimum absolute atomic E-state index is 0.0251. The molecule has 1 aromatic carbocycles. The lowest BCUT2D eigenvalue weighted by atomic mass is 9.97. The summed E-state index contributed by atoms with van der Waals surface area (Å²) in [6.45, 7) is 6.08. The second-order valence-electron chi connectivity index (χ2n) is 7.70. The molecule has 1 saturated heterocycles. The van der Waals surface area contributed by atoms with Crippen LogP contribution in [0, 0.1) is 19.7 Å². The highest BCUT2D eigenvalue weighted by Gasteiger charge is 2.42. The number of halogens is 1. The Morgan fingerprint density at radius 2 is 2.03 bits per heavy atom. The SMILES string of the molecule is CCOC(=O)CN1C(=S)N[C@@H](c2ccccn2)[C@@H]1c1cc(C)n(-c2cccc(F)c2)c1C. The molecule has 4 rings (SSSR count). The number of thiocarbonyl (C=S) groups is 1. The Balaban J connectivity index is 1.81. The zero-order chi connectivity index (χ0) is 22.8. The molecule has 3 aromatic rings. The Labute approximate surface area is 192 Å². The predicted molar refractivity (Wildman–Crippen MR) is 124 cm³/mol. The zero-order valence-electron chi connectivity index (χ0n) is 18.2. The smallest absolute Gasteiger partial charge is 0.325 e. The minimum atomic E-state index is -0.345. The molecule has 2 aromatic heterocycles. The van der Waals surface area contributed by atoms with Crippen molar-refractivity contribution in [2.24, 2.45) is 0 Å². The van der Waals surface area contributed by atoms with Gasteiger partial charge < -0.3 is 19.5 Å². The Morgan fingerprint density at radius 1 is 1.22 bits per heavy atom. The summed E-state index contributed by atoms with van der Waals surface area (Å²) >= 11 is 5.61. The molecule has 8 heteroatoms. The van der Waals surface area contributed by atoms with Crippen LogP contribution < -0.4 is 5.32 Å². The maximum absolute atomic E-state index is 13.9. The molecule has 0 saturated carbocycles. The Morgan fingerprint density at radius 3 is 2.72 bits per heavy atom. The molecule has 0 bridgehead atoms. The summed E-state index contributed by atoms with van der Waals surface area (Å²) in [4.78, 5) is 18.7. The third-order valence-corrected chi connectivity index (χ3v) is 6.01. The lowest BCUT2D eigenvalue weighted by Gasteiger charge is -2.27. The van der Waals surface area contributed by atoms with E-state index < -0.39 is 0 Å². The average molecular weight is 453 g/mol. The molecule has 1 aliphatic heterocycles. The van der Waals surface area contributed by atoms with E-state index in [1.165, 1.54) is 12.1 Å². The number of aromatic nitrogens is 2. The number of aryl methyl sites for hydroxylation is 1. The van der Waals surface area contributed by atoms with Crippen molar-refractivity contribution in [2.45, 2.75) is 32.9 Å². The largest absolute Gasteiger partial charge is 0.465 e. The highest BCUT2D eigenvalue weighted by Crippen LogP contribution is 2.41. The maximum Gasteiger partial charge on any atom is 0.325 e. The van der Waals surface area contributed by atoms with Gasteiger partial charge in [0, 0.05) is 23.3 Å². The molecule has 1 fully saturated rings. The van der Waals surface area contributed by atoms with E-state index >= 15 is 0 Å². The molecule has 166 valence electrons. The van der Waals surface area contributed by atoms with E-state index in [0.29, 0.717) is 11.7 Å². The number of benzene rings is 1. The van der Waals surface area contributed by atoms with Crippen LogP contribution in [0.3, 0.4) is 0 Å². The molecule has 2 atom stereocenters. The quantitative estimate of drug-likeness (QED) is 0.448. The van der Waals surface area contributed by atoms with Crippen LogP contribution in [0.2, 0.25) is 0 Å². The highest BCUT2D eigenvalue weighted by atomic mass is 32.1. The van der Waals surface area contributed by atoms with Crippen LogP contribution in [0.15, 0.2) is 54.7 Å². The number of hydrogen-bond acceptors (Lipinski definition) is 4. The highest BCUT2D eigenvalue weighted by molar-refractivity contribution is 7.80. The second-order valence-corrected chi connectivity index (χ2v) is 8.09.